The summed E-state index contributed by atoms with van der Waals surface area (Å²) < 4.78 is 24.9. The van der Waals surface area contributed by atoms with Gasteiger partial charge in [-0.3, -0.25) is 0 Å². The largest absolute Gasteiger partial charge is 0.276 e. The molecule has 0 radical (unpaired) electrons. The van der Waals surface area contributed by atoms with E-state index in [0.717, 1.165) is 10.4 Å². The van der Waals surface area contributed by atoms with Crippen LogP contribution in [0.1, 0.15) is 5.69 Å². The second-order valence-electron chi connectivity index (χ2n) is 4.71. The van der Waals surface area contributed by atoms with E-state index in [9.17, 15) is 8.42 Å². The first-order valence-electron chi connectivity index (χ1n) is 6.73. The normalized spacial score (nSPS) is 10.9. The van der Waals surface area contributed by atoms with Crippen molar-refractivity contribution in [2.75, 3.05) is 4.83 Å². The van der Waals surface area contributed by atoms with E-state index in [-0.39, 0.29) is 10.6 Å². The molecule has 2 aromatic carbocycles. The number of nitriles is 1. The summed E-state index contributed by atoms with van der Waals surface area (Å²) in [5.74, 6) is 0. The lowest BCUT2D eigenvalue weighted by molar-refractivity contribution is 0.592. The second-order valence-corrected chi connectivity index (χ2v) is 6.37. The van der Waals surface area contributed by atoms with Crippen molar-refractivity contribution in [3.8, 4) is 17.3 Å². The Bertz CT molecular complexity index is 958. The highest BCUT2D eigenvalue weighted by Crippen LogP contribution is 2.20. The van der Waals surface area contributed by atoms with Gasteiger partial charge >= 0.3 is 0 Å². The molecule has 1 heterocycles. The summed E-state index contributed by atoms with van der Waals surface area (Å²) >= 11 is 0. The summed E-state index contributed by atoms with van der Waals surface area (Å²) in [4.78, 5) is 3.61. The molecule has 0 saturated carbocycles. The molecule has 0 amide bonds. The molecule has 0 fully saturated rings. The minimum atomic E-state index is -3.80. The minimum Gasteiger partial charge on any atom is -0.200 e. The van der Waals surface area contributed by atoms with Gasteiger partial charge in [-0.15, -0.1) is 5.10 Å². The van der Waals surface area contributed by atoms with Crippen molar-refractivity contribution < 1.29 is 8.42 Å². The Balaban J connectivity index is 2.04. The SMILES string of the molecule is N#Cc1cc(-c2ccccc2)n(NS(=O)(=O)c2ccccc2)n1. The number of hydrogen-bond donors (Lipinski definition) is 1. The third-order valence-corrected chi connectivity index (χ3v) is 4.46. The third kappa shape index (κ3) is 3.07. The Labute approximate surface area is 133 Å². The molecule has 6 nitrogen and oxygen atoms in total. The van der Waals surface area contributed by atoms with Gasteiger partial charge in [-0.05, 0) is 12.1 Å². The Hall–Kier alpha value is -3.11. The van der Waals surface area contributed by atoms with Crippen molar-refractivity contribution >= 4 is 10.0 Å². The van der Waals surface area contributed by atoms with Gasteiger partial charge in [-0.25, -0.2) is 0 Å². The number of sulfonamides is 1. The smallest absolute Gasteiger partial charge is 0.200 e. The van der Waals surface area contributed by atoms with Gasteiger partial charge in [0.1, 0.15) is 6.07 Å². The molecule has 0 bridgehead atoms. The molecule has 114 valence electrons. The predicted molar refractivity (Wildman–Crippen MR) is 85.4 cm³/mol. The van der Waals surface area contributed by atoms with Crippen LogP contribution in [0, 0.1) is 11.3 Å². The molecule has 0 unspecified atom stereocenters. The van der Waals surface area contributed by atoms with Crippen molar-refractivity contribution in [3.05, 3.63) is 72.4 Å². The summed E-state index contributed by atoms with van der Waals surface area (Å²) in [5.41, 5.74) is 1.36. The molecular formula is C16H12N4O2S. The zero-order valence-electron chi connectivity index (χ0n) is 11.9. The summed E-state index contributed by atoms with van der Waals surface area (Å²) in [6, 6.07) is 20.5. The molecule has 0 atom stereocenters. The maximum atomic E-state index is 12.4. The van der Waals surface area contributed by atoms with Crippen LogP contribution in [0.3, 0.4) is 0 Å². The predicted octanol–water partition coefficient (Wildman–Crippen LogP) is 2.35. The van der Waals surface area contributed by atoms with Crippen LogP contribution < -0.4 is 4.83 Å². The van der Waals surface area contributed by atoms with Gasteiger partial charge in [0, 0.05) is 11.6 Å². The Kier molecular flexibility index (Phi) is 3.83. The average molecular weight is 324 g/mol. The van der Waals surface area contributed by atoms with Crippen molar-refractivity contribution in [1.82, 2.24) is 9.89 Å². The molecule has 1 N–H and O–H groups in total. The van der Waals surface area contributed by atoms with E-state index in [2.05, 4.69) is 9.93 Å². The monoisotopic (exact) mass is 324 g/mol. The van der Waals surface area contributed by atoms with Gasteiger partial charge in [0.15, 0.2) is 5.69 Å². The first kappa shape index (κ1) is 14.8. The Morgan fingerprint density at radius 3 is 2.22 bits per heavy atom. The summed E-state index contributed by atoms with van der Waals surface area (Å²) in [7, 11) is -3.80. The molecule has 0 spiro atoms. The first-order valence-corrected chi connectivity index (χ1v) is 8.22. The molecule has 0 aliphatic rings. The maximum absolute atomic E-state index is 12.4. The van der Waals surface area contributed by atoms with Gasteiger partial charge in [-0.1, -0.05) is 48.5 Å². The van der Waals surface area contributed by atoms with E-state index in [0.29, 0.717) is 5.69 Å². The second kappa shape index (κ2) is 5.94. The van der Waals surface area contributed by atoms with Crippen LogP contribution in [0.2, 0.25) is 0 Å². The average Bonchev–Trinajstić information content (AvgIpc) is 2.99. The summed E-state index contributed by atoms with van der Waals surface area (Å²) in [6.07, 6.45) is 0. The topological polar surface area (TPSA) is 87.8 Å². The highest BCUT2D eigenvalue weighted by molar-refractivity contribution is 7.92. The van der Waals surface area contributed by atoms with Crippen molar-refractivity contribution in [3.63, 3.8) is 0 Å². The van der Waals surface area contributed by atoms with Gasteiger partial charge < -0.3 is 0 Å². The highest BCUT2D eigenvalue weighted by atomic mass is 32.2. The summed E-state index contributed by atoms with van der Waals surface area (Å²) in [6.45, 7) is 0. The molecule has 3 rings (SSSR count). The fourth-order valence-corrected chi connectivity index (χ4v) is 3.07. The van der Waals surface area contributed by atoms with Crippen LogP contribution in [0.25, 0.3) is 11.3 Å². The molecule has 7 heteroatoms. The van der Waals surface area contributed by atoms with E-state index >= 15 is 0 Å². The molecule has 3 aromatic rings. The van der Waals surface area contributed by atoms with Gasteiger partial charge in [0.05, 0.1) is 10.6 Å². The van der Waals surface area contributed by atoms with Crippen molar-refractivity contribution in [2.24, 2.45) is 0 Å². The number of nitrogens with one attached hydrogen (secondary N) is 1. The van der Waals surface area contributed by atoms with Crippen LogP contribution >= 0.6 is 0 Å². The van der Waals surface area contributed by atoms with E-state index < -0.39 is 10.0 Å². The number of nitrogens with zero attached hydrogens (tertiary/aromatic N) is 3. The van der Waals surface area contributed by atoms with Crippen LogP contribution in [0.4, 0.5) is 0 Å². The fourth-order valence-electron chi connectivity index (χ4n) is 2.09. The summed E-state index contributed by atoms with van der Waals surface area (Å²) in [5, 5.41) is 13.0. The van der Waals surface area contributed by atoms with E-state index in [1.807, 2.05) is 36.4 Å². The van der Waals surface area contributed by atoms with E-state index in [1.54, 1.807) is 18.2 Å². The number of benzene rings is 2. The van der Waals surface area contributed by atoms with Crippen LogP contribution in [0.15, 0.2) is 71.6 Å². The maximum Gasteiger partial charge on any atom is 0.276 e. The molecule has 0 aliphatic carbocycles. The molecular weight excluding hydrogens is 312 g/mol. The Morgan fingerprint density at radius 1 is 1.00 bits per heavy atom. The first-order chi connectivity index (χ1) is 11.1. The molecule has 23 heavy (non-hydrogen) atoms. The standard InChI is InChI=1S/C16H12N4O2S/c17-12-14-11-16(13-7-3-1-4-8-13)20(18-14)19-23(21,22)15-9-5-2-6-10-15/h1-11,19H. The van der Waals surface area contributed by atoms with Crippen LogP contribution in [-0.4, -0.2) is 18.3 Å². The van der Waals surface area contributed by atoms with E-state index in [4.69, 9.17) is 5.26 Å². The zero-order valence-corrected chi connectivity index (χ0v) is 12.7. The fraction of sp³-hybridized carbons (Fsp3) is 0. The highest BCUT2D eigenvalue weighted by Gasteiger charge is 2.17. The van der Waals surface area contributed by atoms with Gasteiger partial charge in [0.2, 0.25) is 0 Å². The van der Waals surface area contributed by atoms with Crippen LogP contribution in [-0.2, 0) is 10.0 Å². The number of hydrogen-bond acceptors (Lipinski definition) is 4. The lowest BCUT2D eigenvalue weighted by atomic mass is 10.1. The quantitative estimate of drug-likeness (QED) is 0.798. The number of rotatable bonds is 4. The van der Waals surface area contributed by atoms with Crippen molar-refractivity contribution in [1.29, 1.82) is 5.26 Å². The minimum absolute atomic E-state index is 0.119. The molecule has 0 aliphatic heterocycles. The van der Waals surface area contributed by atoms with Crippen LogP contribution in [0.5, 0.6) is 0 Å². The lowest BCUT2D eigenvalue weighted by Gasteiger charge is -2.11. The molecule has 0 saturated heterocycles. The van der Waals surface area contributed by atoms with Crippen molar-refractivity contribution in [2.45, 2.75) is 4.90 Å². The zero-order chi connectivity index (χ0) is 16.3. The van der Waals surface area contributed by atoms with Gasteiger partial charge in [-0.2, -0.15) is 23.3 Å². The van der Waals surface area contributed by atoms with Gasteiger partial charge in [0.25, 0.3) is 10.0 Å². The number of aromatic nitrogens is 2. The van der Waals surface area contributed by atoms with E-state index in [1.165, 1.54) is 18.2 Å². The Morgan fingerprint density at radius 2 is 1.61 bits per heavy atom. The molecule has 1 aromatic heterocycles. The lowest BCUT2D eigenvalue weighted by Crippen LogP contribution is -2.25. The third-order valence-electron chi connectivity index (χ3n) is 3.15.